The number of rotatable bonds is 8. The molecule has 0 atom stereocenters. The first-order valence-corrected chi connectivity index (χ1v) is 9.14. The summed E-state index contributed by atoms with van der Waals surface area (Å²) >= 11 is 2.47. The van der Waals surface area contributed by atoms with Gasteiger partial charge in [-0.3, -0.25) is 9.59 Å². The van der Waals surface area contributed by atoms with Crippen LogP contribution in [-0.4, -0.2) is 42.0 Å². The fourth-order valence-electron chi connectivity index (χ4n) is 1.76. The molecule has 2 aromatic rings. The number of aromatic nitrogens is 2. The number of hydrogen-bond donors (Lipinski definition) is 2. The molecule has 0 saturated carbocycles. The fourth-order valence-corrected chi connectivity index (χ4v) is 3.33. The van der Waals surface area contributed by atoms with Crippen LogP contribution in [0.3, 0.4) is 0 Å². The Labute approximate surface area is 153 Å². The SMILES string of the molecule is CCC(=O)Nc1nnc(SCC(=O)Nc2ccc(OC)c(OC)c2)s1. The van der Waals surface area contributed by atoms with Gasteiger partial charge in [0.15, 0.2) is 15.8 Å². The summed E-state index contributed by atoms with van der Waals surface area (Å²) in [6.45, 7) is 1.75. The summed E-state index contributed by atoms with van der Waals surface area (Å²) in [5.74, 6) is 0.981. The van der Waals surface area contributed by atoms with Crippen molar-refractivity contribution in [3.8, 4) is 11.5 Å². The Morgan fingerprint density at radius 2 is 1.88 bits per heavy atom. The van der Waals surface area contributed by atoms with Gasteiger partial charge in [0.1, 0.15) is 0 Å². The average molecular weight is 382 g/mol. The van der Waals surface area contributed by atoms with Crippen molar-refractivity contribution in [1.82, 2.24) is 10.2 Å². The van der Waals surface area contributed by atoms with Gasteiger partial charge in [-0.25, -0.2) is 0 Å². The highest BCUT2D eigenvalue weighted by Crippen LogP contribution is 2.30. The normalized spacial score (nSPS) is 10.2. The highest BCUT2D eigenvalue weighted by atomic mass is 32.2. The maximum atomic E-state index is 12.1. The molecule has 10 heteroatoms. The second-order valence-electron chi connectivity index (χ2n) is 4.68. The van der Waals surface area contributed by atoms with Crippen molar-refractivity contribution in [2.24, 2.45) is 0 Å². The summed E-state index contributed by atoms with van der Waals surface area (Å²) in [5.41, 5.74) is 0.608. The molecule has 0 fully saturated rings. The Hall–Kier alpha value is -2.33. The molecule has 2 amide bonds. The molecule has 2 N–H and O–H groups in total. The van der Waals surface area contributed by atoms with E-state index in [0.717, 1.165) is 0 Å². The maximum Gasteiger partial charge on any atom is 0.234 e. The van der Waals surface area contributed by atoms with Crippen molar-refractivity contribution in [3.05, 3.63) is 18.2 Å². The Morgan fingerprint density at radius 1 is 1.12 bits per heavy atom. The molecular formula is C15H18N4O4S2. The van der Waals surface area contributed by atoms with E-state index in [2.05, 4.69) is 20.8 Å². The first kappa shape index (κ1) is 19.0. The Bertz CT molecular complexity index is 751. The van der Waals surface area contributed by atoms with Gasteiger partial charge >= 0.3 is 0 Å². The zero-order chi connectivity index (χ0) is 18.2. The van der Waals surface area contributed by atoms with Crippen LogP contribution in [0.25, 0.3) is 0 Å². The molecule has 0 aliphatic heterocycles. The first-order chi connectivity index (χ1) is 12.0. The Morgan fingerprint density at radius 3 is 2.56 bits per heavy atom. The van der Waals surface area contributed by atoms with Crippen molar-refractivity contribution in [3.63, 3.8) is 0 Å². The average Bonchev–Trinajstić information content (AvgIpc) is 3.07. The van der Waals surface area contributed by atoms with Gasteiger partial charge in [0.25, 0.3) is 0 Å². The predicted octanol–water partition coefficient (Wildman–Crippen LogP) is 2.63. The third-order valence-electron chi connectivity index (χ3n) is 2.97. The van der Waals surface area contributed by atoms with Gasteiger partial charge < -0.3 is 20.1 Å². The van der Waals surface area contributed by atoms with Gasteiger partial charge in [0, 0.05) is 18.2 Å². The molecule has 1 heterocycles. The third kappa shape index (κ3) is 5.61. The number of ether oxygens (including phenoxy) is 2. The highest BCUT2D eigenvalue weighted by Gasteiger charge is 2.11. The van der Waals surface area contributed by atoms with Gasteiger partial charge in [0.05, 0.1) is 20.0 Å². The number of carbonyl (C=O) groups excluding carboxylic acids is 2. The number of benzene rings is 1. The van der Waals surface area contributed by atoms with Gasteiger partial charge in [-0.05, 0) is 12.1 Å². The molecule has 0 unspecified atom stereocenters. The van der Waals surface area contributed by atoms with Gasteiger partial charge in [-0.1, -0.05) is 30.0 Å². The number of anilines is 2. The minimum Gasteiger partial charge on any atom is -0.493 e. The van der Waals surface area contributed by atoms with Crippen LogP contribution in [-0.2, 0) is 9.59 Å². The van der Waals surface area contributed by atoms with Crippen LogP contribution >= 0.6 is 23.1 Å². The van der Waals surface area contributed by atoms with Crippen molar-refractivity contribution >= 4 is 45.7 Å². The van der Waals surface area contributed by atoms with Crippen LogP contribution < -0.4 is 20.1 Å². The minimum absolute atomic E-state index is 0.126. The van der Waals surface area contributed by atoms with Crippen molar-refractivity contribution in [2.75, 3.05) is 30.6 Å². The van der Waals surface area contributed by atoms with Crippen molar-refractivity contribution in [2.45, 2.75) is 17.7 Å². The van der Waals surface area contributed by atoms with E-state index in [-0.39, 0.29) is 17.6 Å². The second-order valence-corrected chi connectivity index (χ2v) is 6.88. The molecule has 2 rings (SSSR count). The van der Waals surface area contributed by atoms with Crippen LogP contribution in [0.15, 0.2) is 22.5 Å². The number of methoxy groups -OCH3 is 2. The quantitative estimate of drug-likeness (QED) is 0.534. The molecule has 0 aliphatic carbocycles. The van der Waals surface area contributed by atoms with Crippen molar-refractivity contribution in [1.29, 1.82) is 0 Å². The number of amides is 2. The summed E-state index contributed by atoms with van der Waals surface area (Å²) in [4.78, 5) is 23.3. The summed E-state index contributed by atoms with van der Waals surface area (Å²) in [6, 6.07) is 5.13. The largest absolute Gasteiger partial charge is 0.493 e. The van der Waals surface area contributed by atoms with Crippen LogP contribution in [0.2, 0.25) is 0 Å². The van der Waals surface area contributed by atoms with Crippen molar-refractivity contribution < 1.29 is 19.1 Å². The maximum absolute atomic E-state index is 12.1. The minimum atomic E-state index is -0.188. The smallest absolute Gasteiger partial charge is 0.234 e. The number of hydrogen-bond acceptors (Lipinski definition) is 8. The van der Waals surface area contributed by atoms with Crippen LogP contribution in [0.1, 0.15) is 13.3 Å². The third-order valence-corrected chi connectivity index (χ3v) is 4.94. The zero-order valence-electron chi connectivity index (χ0n) is 14.0. The summed E-state index contributed by atoms with van der Waals surface area (Å²) in [6.07, 6.45) is 0.371. The predicted molar refractivity (Wildman–Crippen MR) is 97.7 cm³/mol. The molecule has 0 spiro atoms. The van der Waals surface area contributed by atoms with Gasteiger partial charge in [-0.2, -0.15) is 0 Å². The summed E-state index contributed by atoms with van der Waals surface area (Å²) in [5, 5.41) is 13.6. The van der Waals surface area contributed by atoms with E-state index in [1.54, 1.807) is 32.2 Å². The lowest BCUT2D eigenvalue weighted by molar-refractivity contribution is -0.116. The Balaban J connectivity index is 1.87. The topological polar surface area (TPSA) is 102 Å². The second kappa shape index (κ2) is 9.23. The molecular weight excluding hydrogens is 364 g/mol. The van der Waals surface area contributed by atoms with E-state index in [1.807, 2.05) is 0 Å². The molecule has 0 aliphatic rings. The Kier molecular flexibility index (Phi) is 7.02. The lowest BCUT2D eigenvalue weighted by atomic mass is 10.2. The van der Waals surface area contributed by atoms with Crippen LogP contribution in [0.5, 0.6) is 11.5 Å². The number of nitrogens with one attached hydrogen (secondary N) is 2. The van der Waals surface area contributed by atoms with E-state index >= 15 is 0 Å². The van der Waals surface area contributed by atoms with Crippen LogP contribution in [0, 0.1) is 0 Å². The standard InChI is InChI=1S/C15H18N4O4S2/c1-4-12(20)17-14-18-19-15(25-14)24-8-13(21)16-9-5-6-10(22-2)11(7-9)23-3/h5-7H,4,8H2,1-3H3,(H,16,21)(H,17,18,20). The molecule has 0 bridgehead atoms. The number of carbonyl (C=O) groups is 2. The van der Waals surface area contributed by atoms with Gasteiger partial charge in [-0.15, -0.1) is 10.2 Å². The van der Waals surface area contributed by atoms with E-state index in [1.165, 1.54) is 30.2 Å². The fraction of sp³-hybridized carbons (Fsp3) is 0.333. The molecule has 1 aromatic heterocycles. The van der Waals surface area contributed by atoms with Gasteiger partial charge in [0.2, 0.25) is 16.9 Å². The lowest BCUT2D eigenvalue weighted by Gasteiger charge is -2.10. The summed E-state index contributed by atoms with van der Waals surface area (Å²) in [7, 11) is 3.08. The highest BCUT2D eigenvalue weighted by molar-refractivity contribution is 8.01. The zero-order valence-corrected chi connectivity index (χ0v) is 15.6. The molecule has 0 radical (unpaired) electrons. The van der Waals surface area contributed by atoms with E-state index in [0.29, 0.717) is 33.1 Å². The number of thioether (sulfide) groups is 1. The molecule has 0 saturated heterocycles. The van der Waals surface area contributed by atoms with E-state index in [9.17, 15) is 9.59 Å². The monoisotopic (exact) mass is 382 g/mol. The molecule has 134 valence electrons. The lowest BCUT2D eigenvalue weighted by Crippen LogP contribution is -2.14. The molecule has 8 nitrogen and oxygen atoms in total. The molecule has 1 aromatic carbocycles. The van der Waals surface area contributed by atoms with Crippen LogP contribution in [0.4, 0.5) is 10.8 Å². The van der Waals surface area contributed by atoms with E-state index < -0.39 is 0 Å². The first-order valence-electron chi connectivity index (χ1n) is 7.33. The summed E-state index contributed by atoms with van der Waals surface area (Å²) < 4.78 is 11.0. The van der Waals surface area contributed by atoms with E-state index in [4.69, 9.17) is 9.47 Å². The molecule has 25 heavy (non-hydrogen) atoms. The number of nitrogens with zero attached hydrogens (tertiary/aromatic N) is 2.